The minimum atomic E-state index is -0.430. The normalized spacial score (nSPS) is 10.6. The summed E-state index contributed by atoms with van der Waals surface area (Å²) in [7, 11) is 3.14. The molecule has 6 nitrogen and oxygen atoms in total. The number of nitro groups is 1. The number of rotatable bonds is 4. The van der Waals surface area contributed by atoms with Gasteiger partial charge in [0.25, 0.3) is 5.69 Å². The fourth-order valence-corrected chi connectivity index (χ4v) is 2.24. The molecule has 0 saturated carbocycles. The molecule has 0 radical (unpaired) electrons. The van der Waals surface area contributed by atoms with E-state index in [4.69, 9.17) is 13.9 Å². The first-order valence-corrected chi connectivity index (χ1v) is 6.52. The molecule has 0 aliphatic carbocycles. The SMILES string of the molecule is COc1cc(OC)cc(-c2cc3cc([N+](=O)[O-])ccc3o2)c1. The molecule has 0 bridgehead atoms. The van der Waals surface area contributed by atoms with E-state index >= 15 is 0 Å². The number of nitro benzene ring substituents is 1. The maximum atomic E-state index is 10.8. The molecule has 2 aromatic carbocycles. The van der Waals surface area contributed by atoms with Gasteiger partial charge in [0.1, 0.15) is 22.8 Å². The van der Waals surface area contributed by atoms with Gasteiger partial charge in [-0.2, -0.15) is 0 Å². The Morgan fingerprint density at radius 1 is 1.00 bits per heavy atom. The molecule has 3 rings (SSSR count). The van der Waals surface area contributed by atoms with E-state index in [1.807, 2.05) is 12.1 Å². The van der Waals surface area contributed by atoms with Gasteiger partial charge in [0.15, 0.2) is 0 Å². The van der Waals surface area contributed by atoms with Crippen LogP contribution in [0.3, 0.4) is 0 Å². The van der Waals surface area contributed by atoms with E-state index in [-0.39, 0.29) is 5.69 Å². The summed E-state index contributed by atoms with van der Waals surface area (Å²) in [6.07, 6.45) is 0. The molecule has 0 saturated heterocycles. The van der Waals surface area contributed by atoms with Crippen LogP contribution in [0.25, 0.3) is 22.3 Å². The van der Waals surface area contributed by atoms with Gasteiger partial charge in [0.05, 0.1) is 19.1 Å². The van der Waals surface area contributed by atoms with Crippen LogP contribution in [0.5, 0.6) is 11.5 Å². The highest BCUT2D eigenvalue weighted by molar-refractivity contribution is 5.85. The van der Waals surface area contributed by atoms with E-state index in [9.17, 15) is 10.1 Å². The predicted molar refractivity (Wildman–Crippen MR) is 81.4 cm³/mol. The van der Waals surface area contributed by atoms with Gasteiger partial charge in [0.2, 0.25) is 0 Å². The second-order valence-corrected chi connectivity index (χ2v) is 4.69. The van der Waals surface area contributed by atoms with Gasteiger partial charge in [-0.3, -0.25) is 10.1 Å². The van der Waals surface area contributed by atoms with Crippen molar-refractivity contribution in [2.75, 3.05) is 14.2 Å². The Morgan fingerprint density at radius 2 is 1.68 bits per heavy atom. The fraction of sp³-hybridized carbons (Fsp3) is 0.125. The number of furan rings is 1. The van der Waals surface area contributed by atoms with Crippen molar-refractivity contribution in [2.24, 2.45) is 0 Å². The average molecular weight is 299 g/mol. The highest BCUT2D eigenvalue weighted by atomic mass is 16.6. The number of nitrogens with zero attached hydrogens (tertiary/aromatic N) is 1. The van der Waals surface area contributed by atoms with Crippen LogP contribution in [0.4, 0.5) is 5.69 Å². The summed E-state index contributed by atoms with van der Waals surface area (Å²) in [5, 5.41) is 11.5. The topological polar surface area (TPSA) is 74.7 Å². The summed E-state index contributed by atoms with van der Waals surface area (Å²) in [6.45, 7) is 0. The molecular weight excluding hydrogens is 286 g/mol. The van der Waals surface area contributed by atoms with Crippen LogP contribution in [0.15, 0.2) is 46.9 Å². The first kappa shape index (κ1) is 13.9. The maximum Gasteiger partial charge on any atom is 0.270 e. The largest absolute Gasteiger partial charge is 0.497 e. The second kappa shape index (κ2) is 5.40. The molecule has 3 aromatic rings. The second-order valence-electron chi connectivity index (χ2n) is 4.69. The van der Waals surface area contributed by atoms with Crippen molar-refractivity contribution in [3.8, 4) is 22.8 Å². The molecule has 22 heavy (non-hydrogen) atoms. The summed E-state index contributed by atoms with van der Waals surface area (Å²) in [6, 6.07) is 11.6. The minimum Gasteiger partial charge on any atom is -0.497 e. The summed E-state index contributed by atoms with van der Waals surface area (Å²) >= 11 is 0. The number of benzene rings is 2. The molecular formula is C16H13NO5. The lowest BCUT2D eigenvalue weighted by Gasteiger charge is -2.06. The first-order chi connectivity index (χ1) is 10.6. The number of ether oxygens (including phenoxy) is 2. The van der Waals surface area contributed by atoms with E-state index in [0.29, 0.717) is 28.2 Å². The Bertz CT molecular complexity index is 831. The molecule has 0 unspecified atom stereocenters. The van der Waals surface area contributed by atoms with Crippen molar-refractivity contribution < 1.29 is 18.8 Å². The Morgan fingerprint density at radius 3 is 2.27 bits per heavy atom. The third-order valence-corrected chi connectivity index (χ3v) is 3.35. The number of methoxy groups -OCH3 is 2. The van der Waals surface area contributed by atoms with Crippen LogP contribution < -0.4 is 9.47 Å². The van der Waals surface area contributed by atoms with Crippen molar-refractivity contribution in [2.45, 2.75) is 0 Å². The molecule has 0 amide bonds. The zero-order valence-corrected chi connectivity index (χ0v) is 12.0. The van der Waals surface area contributed by atoms with Crippen molar-refractivity contribution in [3.63, 3.8) is 0 Å². The molecule has 1 heterocycles. The zero-order chi connectivity index (χ0) is 15.7. The Hall–Kier alpha value is -3.02. The number of hydrogen-bond acceptors (Lipinski definition) is 5. The summed E-state index contributed by atoms with van der Waals surface area (Å²) in [5.74, 6) is 1.87. The van der Waals surface area contributed by atoms with E-state index in [1.165, 1.54) is 12.1 Å². The van der Waals surface area contributed by atoms with E-state index in [2.05, 4.69) is 0 Å². The summed E-state index contributed by atoms with van der Waals surface area (Å²) in [4.78, 5) is 10.4. The summed E-state index contributed by atoms with van der Waals surface area (Å²) < 4.78 is 16.2. The zero-order valence-electron chi connectivity index (χ0n) is 12.0. The lowest BCUT2D eigenvalue weighted by Crippen LogP contribution is -1.88. The molecule has 6 heteroatoms. The number of fused-ring (bicyclic) bond motifs is 1. The number of hydrogen-bond donors (Lipinski definition) is 0. The molecule has 0 atom stereocenters. The van der Waals surface area contributed by atoms with Crippen molar-refractivity contribution in [3.05, 3.63) is 52.6 Å². The highest BCUT2D eigenvalue weighted by Crippen LogP contribution is 2.34. The molecule has 112 valence electrons. The van der Waals surface area contributed by atoms with Gasteiger partial charge in [-0.25, -0.2) is 0 Å². The van der Waals surface area contributed by atoms with Crippen molar-refractivity contribution >= 4 is 16.7 Å². The maximum absolute atomic E-state index is 10.8. The van der Waals surface area contributed by atoms with Crippen LogP contribution in [-0.2, 0) is 0 Å². The molecule has 0 fully saturated rings. The highest BCUT2D eigenvalue weighted by Gasteiger charge is 2.13. The van der Waals surface area contributed by atoms with E-state index in [0.717, 1.165) is 5.56 Å². The first-order valence-electron chi connectivity index (χ1n) is 6.52. The molecule has 1 aromatic heterocycles. The minimum absolute atomic E-state index is 0.0306. The third-order valence-electron chi connectivity index (χ3n) is 3.35. The van der Waals surface area contributed by atoms with Gasteiger partial charge in [-0.15, -0.1) is 0 Å². The standard InChI is InChI=1S/C16H13NO5/c1-20-13-6-11(7-14(9-13)21-2)16-8-10-5-12(17(18)19)3-4-15(10)22-16/h3-9H,1-2H3. The Labute approximate surface area is 126 Å². The van der Waals surface area contributed by atoms with Crippen LogP contribution in [0, 0.1) is 10.1 Å². The van der Waals surface area contributed by atoms with Crippen LogP contribution in [-0.4, -0.2) is 19.1 Å². The Kier molecular flexibility index (Phi) is 3.42. The van der Waals surface area contributed by atoms with Gasteiger partial charge in [-0.05, 0) is 24.3 Å². The fourth-order valence-electron chi connectivity index (χ4n) is 2.24. The van der Waals surface area contributed by atoms with Gasteiger partial charge in [-0.1, -0.05) is 0 Å². The van der Waals surface area contributed by atoms with Crippen molar-refractivity contribution in [1.29, 1.82) is 0 Å². The number of non-ortho nitro benzene ring substituents is 1. The lowest BCUT2D eigenvalue weighted by molar-refractivity contribution is -0.384. The average Bonchev–Trinajstić information content (AvgIpc) is 2.97. The molecule has 0 aliphatic heterocycles. The monoisotopic (exact) mass is 299 g/mol. The third kappa shape index (κ3) is 2.46. The van der Waals surface area contributed by atoms with Gasteiger partial charge in [0, 0.05) is 29.1 Å². The molecule has 0 N–H and O–H groups in total. The summed E-state index contributed by atoms with van der Waals surface area (Å²) in [5.41, 5.74) is 1.39. The lowest BCUT2D eigenvalue weighted by atomic mass is 10.1. The smallest absolute Gasteiger partial charge is 0.270 e. The molecule has 0 spiro atoms. The van der Waals surface area contributed by atoms with Crippen molar-refractivity contribution in [1.82, 2.24) is 0 Å². The van der Waals surface area contributed by atoms with E-state index in [1.54, 1.807) is 32.4 Å². The Balaban J connectivity index is 2.11. The van der Waals surface area contributed by atoms with E-state index < -0.39 is 4.92 Å². The van der Waals surface area contributed by atoms with Crippen LogP contribution in [0.1, 0.15) is 0 Å². The predicted octanol–water partition coefficient (Wildman–Crippen LogP) is 4.03. The van der Waals surface area contributed by atoms with Gasteiger partial charge >= 0.3 is 0 Å². The molecule has 0 aliphatic rings. The van der Waals surface area contributed by atoms with Crippen LogP contribution >= 0.6 is 0 Å². The van der Waals surface area contributed by atoms with Gasteiger partial charge < -0.3 is 13.9 Å². The van der Waals surface area contributed by atoms with Crippen LogP contribution in [0.2, 0.25) is 0 Å². The quantitative estimate of drug-likeness (QED) is 0.537.